The van der Waals surface area contributed by atoms with E-state index < -0.39 is 0 Å². The highest BCUT2D eigenvalue weighted by Crippen LogP contribution is 2.36. The molecule has 24 heavy (non-hydrogen) atoms. The predicted octanol–water partition coefficient (Wildman–Crippen LogP) is 6.43. The van der Waals surface area contributed by atoms with E-state index in [1.54, 1.807) is 0 Å². The molecule has 1 saturated carbocycles. The molecule has 1 aromatic carbocycles. The molecule has 1 aliphatic rings. The van der Waals surface area contributed by atoms with Gasteiger partial charge in [0, 0.05) is 23.0 Å². The summed E-state index contributed by atoms with van der Waals surface area (Å²) in [7, 11) is 0. The first-order valence-electron chi connectivity index (χ1n) is 9.01. The molecule has 1 heterocycles. The number of unbranched alkanes of at least 4 members (excludes halogenated alkanes) is 1. The number of hydrogen-bond donors (Lipinski definition) is 0. The van der Waals surface area contributed by atoms with E-state index in [1.165, 1.54) is 44.1 Å². The molecule has 126 valence electrons. The number of hydrogen-bond acceptors (Lipinski definition) is 2. The summed E-state index contributed by atoms with van der Waals surface area (Å²) in [6.07, 6.45) is 16.3. The molecular formula is C21H25ClN2. The molecule has 0 atom stereocenters. The van der Waals surface area contributed by atoms with Crippen molar-refractivity contribution in [3.8, 4) is 11.4 Å². The second-order valence-electron chi connectivity index (χ2n) is 6.68. The Labute approximate surface area is 150 Å². The van der Waals surface area contributed by atoms with Crippen LogP contribution in [0.4, 0.5) is 0 Å². The van der Waals surface area contributed by atoms with Crippen molar-refractivity contribution in [1.82, 2.24) is 9.97 Å². The minimum Gasteiger partial charge on any atom is -0.236 e. The Morgan fingerprint density at radius 3 is 2.33 bits per heavy atom. The fourth-order valence-corrected chi connectivity index (χ4v) is 3.52. The van der Waals surface area contributed by atoms with Gasteiger partial charge in [0.05, 0.1) is 0 Å². The lowest BCUT2D eigenvalue weighted by atomic mass is 9.79. The maximum atomic E-state index is 5.93. The van der Waals surface area contributed by atoms with Gasteiger partial charge in [-0.1, -0.05) is 37.1 Å². The highest BCUT2D eigenvalue weighted by Gasteiger charge is 2.21. The molecule has 0 aliphatic heterocycles. The Hall–Kier alpha value is -1.67. The molecule has 3 rings (SSSR count). The van der Waals surface area contributed by atoms with Gasteiger partial charge in [-0.05, 0) is 73.8 Å². The van der Waals surface area contributed by atoms with Gasteiger partial charge in [0.15, 0.2) is 5.82 Å². The number of benzene rings is 1. The second kappa shape index (κ2) is 8.43. The van der Waals surface area contributed by atoms with Crippen LogP contribution < -0.4 is 0 Å². The van der Waals surface area contributed by atoms with Gasteiger partial charge in [-0.15, -0.1) is 0 Å². The minimum absolute atomic E-state index is 0.611. The van der Waals surface area contributed by atoms with Crippen LogP contribution in [0.25, 0.3) is 11.4 Å². The van der Waals surface area contributed by atoms with Gasteiger partial charge in [-0.25, -0.2) is 9.97 Å². The van der Waals surface area contributed by atoms with Crippen molar-refractivity contribution in [3.63, 3.8) is 0 Å². The SMILES string of the molecule is CCC/C=C/C1CCC(c2cnc(-c3ccc(Cl)cc3)nc2)CC1. The van der Waals surface area contributed by atoms with E-state index in [0.29, 0.717) is 5.92 Å². The standard InChI is InChI=1S/C21H25ClN2/c1-2-3-4-5-16-6-8-17(9-7-16)19-14-23-21(24-15-19)18-10-12-20(22)13-11-18/h4-5,10-17H,2-3,6-9H2,1H3/b5-4+. The zero-order valence-corrected chi connectivity index (χ0v) is 15.0. The van der Waals surface area contributed by atoms with E-state index in [9.17, 15) is 0 Å². The third-order valence-electron chi connectivity index (χ3n) is 4.88. The molecule has 0 spiro atoms. The molecule has 1 aliphatic carbocycles. The summed E-state index contributed by atoms with van der Waals surface area (Å²) in [6.45, 7) is 2.23. The average molecular weight is 341 g/mol. The Kier molecular flexibility index (Phi) is 6.03. The monoisotopic (exact) mass is 340 g/mol. The summed E-state index contributed by atoms with van der Waals surface area (Å²) in [5.74, 6) is 2.15. The maximum absolute atomic E-state index is 5.93. The van der Waals surface area contributed by atoms with E-state index >= 15 is 0 Å². The van der Waals surface area contributed by atoms with Crippen molar-refractivity contribution in [2.45, 2.75) is 51.4 Å². The smallest absolute Gasteiger partial charge is 0.159 e. The second-order valence-corrected chi connectivity index (χ2v) is 7.11. The molecule has 1 aromatic heterocycles. The maximum Gasteiger partial charge on any atom is 0.159 e. The molecule has 0 radical (unpaired) electrons. The lowest BCUT2D eigenvalue weighted by molar-refractivity contribution is 0.374. The van der Waals surface area contributed by atoms with Crippen LogP contribution in [0.3, 0.4) is 0 Å². The molecule has 0 unspecified atom stereocenters. The predicted molar refractivity (Wildman–Crippen MR) is 101 cm³/mol. The van der Waals surface area contributed by atoms with Crippen LogP contribution in [0, 0.1) is 5.92 Å². The van der Waals surface area contributed by atoms with E-state index in [-0.39, 0.29) is 0 Å². The lowest BCUT2D eigenvalue weighted by Crippen LogP contribution is -2.12. The number of nitrogens with zero attached hydrogens (tertiary/aromatic N) is 2. The number of allylic oxidation sites excluding steroid dienone is 2. The first-order chi connectivity index (χ1) is 11.8. The lowest BCUT2D eigenvalue weighted by Gasteiger charge is -2.26. The molecule has 2 aromatic rings. The van der Waals surface area contributed by atoms with E-state index in [2.05, 4.69) is 29.0 Å². The van der Waals surface area contributed by atoms with Crippen LogP contribution >= 0.6 is 11.6 Å². The van der Waals surface area contributed by atoms with Crippen LogP contribution in [0.15, 0.2) is 48.8 Å². The van der Waals surface area contributed by atoms with Crippen molar-refractivity contribution in [1.29, 1.82) is 0 Å². The van der Waals surface area contributed by atoms with Gasteiger partial charge in [-0.2, -0.15) is 0 Å². The first-order valence-corrected chi connectivity index (χ1v) is 9.38. The van der Waals surface area contributed by atoms with Crippen LogP contribution in [0.2, 0.25) is 5.02 Å². The van der Waals surface area contributed by atoms with Gasteiger partial charge in [0.1, 0.15) is 0 Å². The van der Waals surface area contributed by atoms with Crippen molar-refractivity contribution >= 4 is 11.6 Å². The summed E-state index contributed by atoms with van der Waals surface area (Å²) in [5.41, 5.74) is 2.29. The summed E-state index contributed by atoms with van der Waals surface area (Å²) in [6, 6.07) is 7.68. The number of aromatic nitrogens is 2. The fourth-order valence-electron chi connectivity index (χ4n) is 3.40. The van der Waals surface area contributed by atoms with Crippen molar-refractivity contribution in [2.75, 3.05) is 0 Å². The molecule has 0 N–H and O–H groups in total. The summed E-state index contributed by atoms with van der Waals surface area (Å²) in [4.78, 5) is 9.13. The number of halogens is 1. The zero-order valence-electron chi connectivity index (χ0n) is 14.3. The van der Waals surface area contributed by atoms with Crippen LogP contribution in [-0.2, 0) is 0 Å². The Balaban J connectivity index is 1.59. The molecule has 0 bridgehead atoms. The third kappa shape index (κ3) is 4.45. The summed E-state index contributed by atoms with van der Waals surface area (Å²) >= 11 is 5.93. The van der Waals surface area contributed by atoms with Gasteiger partial charge in [0.25, 0.3) is 0 Å². The average Bonchev–Trinajstić information content (AvgIpc) is 2.63. The Bertz CT molecular complexity index is 653. The van der Waals surface area contributed by atoms with Crippen molar-refractivity contribution in [3.05, 3.63) is 59.4 Å². The Morgan fingerprint density at radius 1 is 1.04 bits per heavy atom. The topological polar surface area (TPSA) is 25.8 Å². The van der Waals surface area contributed by atoms with E-state index in [0.717, 1.165) is 22.3 Å². The number of rotatable bonds is 5. The highest BCUT2D eigenvalue weighted by atomic mass is 35.5. The molecule has 0 saturated heterocycles. The molecular weight excluding hydrogens is 316 g/mol. The van der Waals surface area contributed by atoms with Gasteiger partial charge < -0.3 is 0 Å². The van der Waals surface area contributed by atoms with Gasteiger partial charge >= 0.3 is 0 Å². The van der Waals surface area contributed by atoms with Crippen molar-refractivity contribution in [2.24, 2.45) is 5.92 Å². The van der Waals surface area contributed by atoms with Gasteiger partial charge in [0.2, 0.25) is 0 Å². The molecule has 2 nitrogen and oxygen atoms in total. The third-order valence-corrected chi connectivity index (χ3v) is 5.13. The Morgan fingerprint density at radius 2 is 1.71 bits per heavy atom. The summed E-state index contributed by atoms with van der Waals surface area (Å²) < 4.78 is 0. The van der Waals surface area contributed by atoms with Crippen molar-refractivity contribution < 1.29 is 0 Å². The van der Waals surface area contributed by atoms with E-state index in [1.807, 2.05) is 36.7 Å². The quantitative estimate of drug-likeness (QED) is 0.586. The highest BCUT2D eigenvalue weighted by molar-refractivity contribution is 6.30. The van der Waals surface area contributed by atoms with Crippen LogP contribution in [-0.4, -0.2) is 9.97 Å². The zero-order chi connectivity index (χ0) is 16.8. The van der Waals surface area contributed by atoms with E-state index in [4.69, 9.17) is 11.6 Å². The molecule has 0 amide bonds. The normalized spacial score (nSPS) is 21.2. The summed E-state index contributed by atoms with van der Waals surface area (Å²) in [5, 5.41) is 0.736. The largest absolute Gasteiger partial charge is 0.236 e. The fraction of sp³-hybridized carbons (Fsp3) is 0.429. The first kappa shape index (κ1) is 17.2. The van der Waals surface area contributed by atoms with Gasteiger partial charge in [-0.3, -0.25) is 0 Å². The molecule has 1 fully saturated rings. The minimum atomic E-state index is 0.611. The van der Waals surface area contributed by atoms with Crippen LogP contribution in [0.1, 0.15) is 56.9 Å². The van der Waals surface area contributed by atoms with Crippen LogP contribution in [0.5, 0.6) is 0 Å². The molecule has 3 heteroatoms.